The van der Waals surface area contributed by atoms with Gasteiger partial charge in [0.2, 0.25) is 0 Å². The molecule has 2 rings (SSSR count). The van der Waals surface area contributed by atoms with E-state index < -0.39 is 0 Å². The SMILES string of the molecule is COc1ccccc1C(C)NCc1ccncc1C. The zero-order chi connectivity index (χ0) is 13.7. The molecule has 0 aliphatic rings. The lowest BCUT2D eigenvalue weighted by Gasteiger charge is -2.17. The summed E-state index contributed by atoms with van der Waals surface area (Å²) in [6.07, 6.45) is 3.72. The number of para-hydroxylation sites is 1. The summed E-state index contributed by atoms with van der Waals surface area (Å²) in [6, 6.07) is 10.4. The largest absolute Gasteiger partial charge is 0.496 e. The van der Waals surface area contributed by atoms with Gasteiger partial charge in [-0.1, -0.05) is 18.2 Å². The first-order valence-corrected chi connectivity index (χ1v) is 6.48. The van der Waals surface area contributed by atoms with Crippen LogP contribution in [0.3, 0.4) is 0 Å². The minimum Gasteiger partial charge on any atom is -0.496 e. The van der Waals surface area contributed by atoms with Gasteiger partial charge >= 0.3 is 0 Å². The number of ether oxygens (including phenoxy) is 1. The summed E-state index contributed by atoms with van der Waals surface area (Å²) >= 11 is 0. The van der Waals surface area contributed by atoms with Gasteiger partial charge in [0.15, 0.2) is 0 Å². The maximum Gasteiger partial charge on any atom is 0.123 e. The van der Waals surface area contributed by atoms with Crippen molar-refractivity contribution in [2.45, 2.75) is 26.4 Å². The van der Waals surface area contributed by atoms with E-state index in [-0.39, 0.29) is 6.04 Å². The lowest BCUT2D eigenvalue weighted by Crippen LogP contribution is -2.19. The number of hydrogen-bond acceptors (Lipinski definition) is 3. The first kappa shape index (κ1) is 13.6. The fraction of sp³-hybridized carbons (Fsp3) is 0.312. The van der Waals surface area contributed by atoms with Crippen LogP contribution in [0.25, 0.3) is 0 Å². The molecular formula is C16H20N2O. The van der Waals surface area contributed by atoms with Crippen molar-refractivity contribution >= 4 is 0 Å². The van der Waals surface area contributed by atoms with Gasteiger partial charge in [0.1, 0.15) is 5.75 Å². The summed E-state index contributed by atoms with van der Waals surface area (Å²) in [5.41, 5.74) is 3.66. The third-order valence-electron chi connectivity index (χ3n) is 3.34. The molecule has 1 unspecified atom stereocenters. The van der Waals surface area contributed by atoms with Crippen LogP contribution in [-0.2, 0) is 6.54 Å². The van der Waals surface area contributed by atoms with Crippen LogP contribution >= 0.6 is 0 Å². The molecule has 0 bridgehead atoms. The monoisotopic (exact) mass is 256 g/mol. The van der Waals surface area contributed by atoms with Crippen molar-refractivity contribution in [3.8, 4) is 5.75 Å². The molecular weight excluding hydrogens is 236 g/mol. The molecule has 1 atom stereocenters. The molecule has 19 heavy (non-hydrogen) atoms. The molecule has 0 aliphatic heterocycles. The molecule has 1 aromatic carbocycles. The molecule has 1 N–H and O–H groups in total. The van der Waals surface area contributed by atoms with Crippen LogP contribution in [0.1, 0.15) is 29.7 Å². The highest BCUT2D eigenvalue weighted by Crippen LogP contribution is 2.24. The van der Waals surface area contributed by atoms with Gasteiger partial charge in [0.05, 0.1) is 7.11 Å². The van der Waals surface area contributed by atoms with E-state index >= 15 is 0 Å². The number of benzene rings is 1. The molecule has 0 amide bonds. The number of rotatable bonds is 5. The zero-order valence-electron chi connectivity index (χ0n) is 11.7. The molecule has 0 saturated carbocycles. The van der Waals surface area contributed by atoms with Crippen molar-refractivity contribution in [2.75, 3.05) is 7.11 Å². The molecule has 1 aromatic heterocycles. The number of aromatic nitrogens is 1. The molecule has 100 valence electrons. The van der Waals surface area contributed by atoms with E-state index in [9.17, 15) is 0 Å². The summed E-state index contributed by atoms with van der Waals surface area (Å²) in [5.74, 6) is 0.925. The molecule has 0 fully saturated rings. The molecule has 0 radical (unpaired) electrons. The van der Waals surface area contributed by atoms with Gasteiger partial charge in [-0.2, -0.15) is 0 Å². The van der Waals surface area contributed by atoms with Crippen molar-refractivity contribution < 1.29 is 4.74 Å². The minimum absolute atomic E-state index is 0.240. The molecule has 3 nitrogen and oxygen atoms in total. The van der Waals surface area contributed by atoms with Crippen LogP contribution in [-0.4, -0.2) is 12.1 Å². The number of hydrogen-bond donors (Lipinski definition) is 1. The lowest BCUT2D eigenvalue weighted by atomic mass is 10.1. The molecule has 1 heterocycles. The number of pyridine rings is 1. The standard InChI is InChI=1S/C16H20N2O/c1-12-10-17-9-8-14(12)11-18-13(2)15-6-4-5-7-16(15)19-3/h4-10,13,18H,11H2,1-3H3. The van der Waals surface area contributed by atoms with Gasteiger partial charge in [-0.25, -0.2) is 0 Å². The van der Waals surface area contributed by atoms with Crippen LogP contribution in [0.2, 0.25) is 0 Å². The van der Waals surface area contributed by atoms with E-state index in [2.05, 4.69) is 36.3 Å². The predicted octanol–water partition coefficient (Wildman–Crippen LogP) is 3.25. The van der Waals surface area contributed by atoms with E-state index in [0.29, 0.717) is 0 Å². The Balaban J connectivity index is 2.05. The highest BCUT2D eigenvalue weighted by molar-refractivity contribution is 5.35. The van der Waals surface area contributed by atoms with Crippen LogP contribution in [0.5, 0.6) is 5.75 Å². The van der Waals surface area contributed by atoms with Gasteiger partial charge in [-0.15, -0.1) is 0 Å². The fourth-order valence-electron chi connectivity index (χ4n) is 2.10. The van der Waals surface area contributed by atoms with Crippen LogP contribution in [0.4, 0.5) is 0 Å². The lowest BCUT2D eigenvalue weighted by molar-refractivity contribution is 0.401. The molecule has 0 aliphatic carbocycles. The highest BCUT2D eigenvalue weighted by atomic mass is 16.5. The fourth-order valence-corrected chi connectivity index (χ4v) is 2.10. The van der Waals surface area contributed by atoms with Crippen molar-refractivity contribution in [3.63, 3.8) is 0 Å². The van der Waals surface area contributed by atoms with Crippen LogP contribution in [0.15, 0.2) is 42.7 Å². The van der Waals surface area contributed by atoms with E-state index in [4.69, 9.17) is 4.74 Å². The maximum absolute atomic E-state index is 5.39. The smallest absolute Gasteiger partial charge is 0.123 e. The van der Waals surface area contributed by atoms with E-state index in [0.717, 1.165) is 12.3 Å². The molecule has 0 spiro atoms. The van der Waals surface area contributed by atoms with Crippen LogP contribution in [0, 0.1) is 6.92 Å². The average Bonchev–Trinajstić information content (AvgIpc) is 2.46. The first-order chi connectivity index (χ1) is 9.22. The molecule has 0 saturated heterocycles. The number of nitrogens with zero attached hydrogens (tertiary/aromatic N) is 1. The normalized spacial score (nSPS) is 12.2. The Hall–Kier alpha value is -1.87. The number of aryl methyl sites for hydroxylation is 1. The first-order valence-electron chi connectivity index (χ1n) is 6.48. The van der Waals surface area contributed by atoms with Gasteiger partial charge in [0, 0.05) is 30.5 Å². The van der Waals surface area contributed by atoms with E-state index in [1.165, 1.54) is 16.7 Å². The maximum atomic E-state index is 5.39. The average molecular weight is 256 g/mol. The third-order valence-corrected chi connectivity index (χ3v) is 3.34. The minimum atomic E-state index is 0.240. The Morgan fingerprint density at radius 3 is 2.79 bits per heavy atom. The number of nitrogens with one attached hydrogen (secondary N) is 1. The van der Waals surface area contributed by atoms with Gasteiger partial charge in [-0.3, -0.25) is 4.98 Å². The number of methoxy groups -OCH3 is 1. The quantitative estimate of drug-likeness (QED) is 0.891. The van der Waals surface area contributed by atoms with Gasteiger partial charge in [-0.05, 0) is 37.1 Å². The topological polar surface area (TPSA) is 34.1 Å². The van der Waals surface area contributed by atoms with Crippen LogP contribution < -0.4 is 10.1 Å². The Morgan fingerprint density at radius 2 is 2.05 bits per heavy atom. The molecule has 3 heteroatoms. The van der Waals surface area contributed by atoms with E-state index in [1.807, 2.05) is 30.6 Å². The Kier molecular flexibility index (Phi) is 4.53. The van der Waals surface area contributed by atoms with Gasteiger partial charge < -0.3 is 10.1 Å². The van der Waals surface area contributed by atoms with E-state index in [1.54, 1.807) is 7.11 Å². The third kappa shape index (κ3) is 3.32. The second-order valence-electron chi connectivity index (χ2n) is 4.65. The second kappa shape index (κ2) is 6.34. The second-order valence-corrected chi connectivity index (χ2v) is 4.65. The summed E-state index contributed by atoms with van der Waals surface area (Å²) in [5, 5.41) is 3.52. The van der Waals surface area contributed by atoms with Crippen molar-refractivity contribution in [2.24, 2.45) is 0 Å². The summed E-state index contributed by atoms with van der Waals surface area (Å²) in [6.45, 7) is 5.06. The summed E-state index contributed by atoms with van der Waals surface area (Å²) < 4.78 is 5.39. The Bertz CT molecular complexity index is 540. The van der Waals surface area contributed by atoms with Crippen molar-refractivity contribution in [3.05, 3.63) is 59.4 Å². The molecule has 2 aromatic rings. The zero-order valence-corrected chi connectivity index (χ0v) is 11.7. The predicted molar refractivity (Wildman–Crippen MR) is 77.2 cm³/mol. The Labute approximate surface area is 114 Å². The summed E-state index contributed by atoms with van der Waals surface area (Å²) in [7, 11) is 1.71. The summed E-state index contributed by atoms with van der Waals surface area (Å²) in [4.78, 5) is 4.11. The Morgan fingerprint density at radius 1 is 1.26 bits per heavy atom. The van der Waals surface area contributed by atoms with Crippen molar-refractivity contribution in [1.29, 1.82) is 0 Å². The van der Waals surface area contributed by atoms with Crippen molar-refractivity contribution in [1.82, 2.24) is 10.3 Å². The van der Waals surface area contributed by atoms with Gasteiger partial charge in [0.25, 0.3) is 0 Å². The highest BCUT2D eigenvalue weighted by Gasteiger charge is 2.10.